The second-order valence-electron chi connectivity index (χ2n) is 5.23. The molecule has 1 aliphatic heterocycles. The maximum absolute atomic E-state index is 12.6. The Hall–Kier alpha value is -1.32. The number of ether oxygens (including phenoxy) is 2. The molecular weight excluding hydrogens is 490 g/mol. The number of amides is 2. The van der Waals surface area contributed by atoms with Gasteiger partial charge in [0.2, 0.25) is 0 Å². The molecule has 1 aliphatic rings. The average molecular weight is 507 g/mol. The number of halogens is 2. The molecule has 1 fully saturated rings. The Labute approximate surface area is 172 Å². The van der Waals surface area contributed by atoms with Crippen LogP contribution in [0.2, 0.25) is 0 Å². The van der Waals surface area contributed by atoms with Crippen molar-refractivity contribution < 1.29 is 23.9 Å². The van der Waals surface area contributed by atoms with Crippen LogP contribution in [0.1, 0.15) is 26.3 Å². The van der Waals surface area contributed by atoms with Crippen molar-refractivity contribution in [3.8, 4) is 5.75 Å². The average Bonchev–Trinajstić information content (AvgIpc) is 2.84. The van der Waals surface area contributed by atoms with Gasteiger partial charge >= 0.3 is 5.97 Å². The second-order valence-corrected chi connectivity index (χ2v) is 7.93. The van der Waals surface area contributed by atoms with Crippen molar-refractivity contribution in [3.05, 3.63) is 31.5 Å². The monoisotopic (exact) mass is 505 g/mol. The van der Waals surface area contributed by atoms with Gasteiger partial charge in [0.1, 0.15) is 11.8 Å². The summed E-state index contributed by atoms with van der Waals surface area (Å²) < 4.78 is 11.9. The van der Waals surface area contributed by atoms with Crippen LogP contribution in [0.3, 0.4) is 0 Å². The third-order valence-electron chi connectivity index (χ3n) is 3.45. The summed E-state index contributed by atoms with van der Waals surface area (Å²) >= 11 is 7.66. The Morgan fingerprint density at radius 1 is 1.23 bits per heavy atom. The van der Waals surface area contributed by atoms with Crippen LogP contribution in [0.5, 0.6) is 5.75 Å². The lowest BCUT2D eigenvalue weighted by molar-refractivity contribution is -0.150. The van der Waals surface area contributed by atoms with Gasteiger partial charge in [0.25, 0.3) is 11.1 Å². The normalized spacial score (nSPS) is 17.0. The van der Waals surface area contributed by atoms with Crippen LogP contribution < -0.4 is 4.74 Å². The van der Waals surface area contributed by atoms with E-state index in [0.29, 0.717) is 17.9 Å². The predicted molar refractivity (Wildman–Crippen MR) is 107 cm³/mol. The molecule has 0 saturated carbocycles. The van der Waals surface area contributed by atoms with Crippen LogP contribution in [0.15, 0.2) is 26.0 Å². The third-order valence-corrected chi connectivity index (χ3v) is 5.51. The molecule has 1 saturated heterocycles. The van der Waals surface area contributed by atoms with Crippen molar-refractivity contribution in [3.63, 3.8) is 0 Å². The van der Waals surface area contributed by atoms with Gasteiger partial charge in [0, 0.05) is 0 Å². The summed E-state index contributed by atoms with van der Waals surface area (Å²) in [6, 6.07) is 2.61. The first-order chi connectivity index (χ1) is 12.3. The van der Waals surface area contributed by atoms with E-state index in [-0.39, 0.29) is 11.5 Å². The minimum absolute atomic E-state index is 0.184. The molecule has 0 unspecified atom stereocenters. The summed E-state index contributed by atoms with van der Waals surface area (Å²) in [6.45, 7) is 5.72. The lowest BCUT2D eigenvalue weighted by Crippen LogP contribution is -2.42. The maximum atomic E-state index is 12.6. The molecule has 0 N–H and O–H groups in total. The molecule has 1 atom stereocenters. The van der Waals surface area contributed by atoms with E-state index in [2.05, 4.69) is 31.9 Å². The van der Waals surface area contributed by atoms with Gasteiger partial charge in [0.15, 0.2) is 0 Å². The fourth-order valence-electron chi connectivity index (χ4n) is 2.28. The Morgan fingerprint density at radius 3 is 2.38 bits per heavy atom. The molecule has 0 spiro atoms. The van der Waals surface area contributed by atoms with E-state index in [0.717, 1.165) is 25.6 Å². The van der Waals surface area contributed by atoms with Gasteiger partial charge in [0.05, 0.1) is 27.1 Å². The zero-order chi connectivity index (χ0) is 19.4. The first-order valence-electron chi connectivity index (χ1n) is 7.85. The Bertz CT molecular complexity index is 757. The molecule has 140 valence electrons. The molecule has 0 radical (unpaired) electrons. The lowest BCUT2D eigenvalue weighted by Gasteiger charge is -2.19. The summed E-state index contributed by atoms with van der Waals surface area (Å²) in [6.07, 6.45) is 1.61. The van der Waals surface area contributed by atoms with E-state index in [4.69, 9.17) is 9.47 Å². The first-order valence-corrected chi connectivity index (χ1v) is 10.3. The van der Waals surface area contributed by atoms with Crippen LogP contribution in [0.25, 0.3) is 6.08 Å². The Balaban J connectivity index is 2.29. The minimum atomic E-state index is -0.966. The number of hydrogen-bond donors (Lipinski definition) is 0. The smallest absolute Gasteiger partial charge is 0.329 e. The largest absolute Gasteiger partial charge is 0.492 e. The Kier molecular flexibility index (Phi) is 7.31. The molecule has 1 aromatic carbocycles. The summed E-state index contributed by atoms with van der Waals surface area (Å²) in [5.41, 5.74) is 0.710. The highest BCUT2D eigenvalue weighted by atomic mass is 79.9. The van der Waals surface area contributed by atoms with Gasteiger partial charge in [-0.05, 0) is 88.2 Å². The molecular formula is C17H17Br2NO5S. The summed E-state index contributed by atoms with van der Waals surface area (Å²) in [7, 11) is 0. The van der Waals surface area contributed by atoms with Gasteiger partial charge in [-0.3, -0.25) is 14.5 Å². The van der Waals surface area contributed by atoms with Crippen molar-refractivity contribution in [2.24, 2.45) is 0 Å². The van der Waals surface area contributed by atoms with E-state index in [9.17, 15) is 14.4 Å². The fraction of sp³-hybridized carbons (Fsp3) is 0.353. The lowest BCUT2D eigenvalue weighted by atomic mass is 10.2. The van der Waals surface area contributed by atoms with Crippen molar-refractivity contribution in [2.45, 2.75) is 26.8 Å². The number of carbonyl (C=O) groups excluding carboxylic acids is 3. The minimum Gasteiger partial charge on any atom is -0.492 e. The first kappa shape index (κ1) is 21.0. The third kappa shape index (κ3) is 4.50. The van der Waals surface area contributed by atoms with Crippen LogP contribution in [0.4, 0.5) is 4.79 Å². The van der Waals surface area contributed by atoms with Crippen LogP contribution in [-0.4, -0.2) is 41.3 Å². The SMILES string of the molecule is CCOC(=O)[C@@H](C)N1C(=O)S/C(=C/c2cc(Br)c(OCC)c(Br)c2)C1=O. The number of rotatable bonds is 6. The quantitative estimate of drug-likeness (QED) is 0.414. The van der Waals surface area contributed by atoms with Gasteiger partial charge in [-0.1, -0.05) is 0 Å². The van der Waals surface area contributed by atoms with Gasteiger partial charge in [-0.2, -0.15) is 0 Å². The molecule has 6 nitrogen and oxygen atoms in total. The molecule has 26 heavy (non-hydrogen) atoms. The second kappa shape index (κ2) is 9.05. The fourth-order valence-corrected chi connectivity index (χ4v) is 4.64. The van der Waals surface area contributed by atoms with Crippen molar-refractivity contribution >= 4 is 66.8 Å². The highest BCUT2D eigenvalue weighted by Crippen LogP contribution is 2.38. The van der Waals surface area contributed by atoms with Crippen LogP contribution in [0, 0.1) is 0 Å². The predicted octanol–water partition coefficient (Wildman–Crippen LogP) is 4.60. The number of benzene rings is 1. The van der Waals surface area contributed by atoms with Gasteiger partial charge < -0.3 is 9.47 Å². The highest BCUT2D eigenvalue weighted by molar-refractivity contribution is 9.11. The van der Waals surface area contributed by atoms with E-state index in [1.165, 1.54) is 6.92 Å². The van der Waals surface area contributed by atoms with Crippen LogP contribution in [-0.2, 0) is 14.3 Å². The molecule has 2 rings (SSSR count). The van der Waals surface area contributed by atoms with E-state index in [1.54, 1.807) is 25.1 Å². The molecule has 2 amide bonds. The van der Waals surface area contributed by atoms with E-state index >= 15 is 0 Å². The molecule has 0 aromatic heterocycles. The molecule has 9 heteroatoms. The van der Waals surface area contributed by atoms with Gasteiger partial charge in [-0.25, -0.2) is 4.79 Å². The highest BCUT2D eigenvalue weighted by Gasteiger charge is 2.41. The summed E-state index contributed by atoms with van der Waals surface area (Å²) in [5.74, 6) is -0.460. The number of thioether (sulfide) groups is 1. The number of nitrogens with zero attached hydrogens (tertiary/aromatic N) is 1. The van der Waals surface area contributed by atoms with Crippen molar-refractivity contribution in [2.75, 3.05) is 13.2 Å². The zero-order valence-corrected chi connectivity index (χ0v) is 18.4. The van der Waals surface area contributed by atoms with E-state index in [1.807, 2.05) is 6.92 Å². The zero-order valence-electron chi connectivity index (χ0n) is 14.4. The van der Waals surface area contributed by atoms with Crippen molar-refractivity contribution in [1.29, 1.82) is 0 Å². The topological polar surface area (TPSA) is 72.9 Å². The summed E-state index contributed by atoms with van der Waals surface area (Å²) in [5, 5.41) is -0.495. The maximum Gasteiger partial charge on any atom is 0.329 e. The van der Waals surface area contributed by atoms with E-state index < -0.39 is 23.2 Å². The number of carbonyl (C=O) groups is 3. The molecule has 1 heterocycles. The molecule has 0 aliphatic carbocycles. The number of hydrogen-bond acceptors (Lipinski definition) is 6. The number of imide groups is 1. The molecule has 1 aromatic rings. The van der Waals surface area contributed by atoms with Crippen LogP contribution >= 0.6 is 43.6 Å². The Morgan fingerprint density at radius 2 is 1.85 bits per heavy atom. The molecule has 0 bridgehead atoms. The van der Waals surface area contributed by atoms with Gasteiger partial charge in [-0.15, -0.1) is 0 Å². The summed E-state index contributed by atoms with van der Waals surface area (Å²) in [4.78, 5) is 37.8. The number of esters is 1. The van der Waals surface area contributed by atoms with Crippen molar-refractivity contribution in [1.82, 2.24) is 4.90 Å². The standard InChI is InChI=1S/C17H17Br2NO5S/c1-4-24-14-11(18)6-10(7-12(14)19)8-13-15(21)20(17(23)26-13)9(3)16(22)25-5-2/h6-9H,4-5H2,1-3H3/b13-8+/t9-/m1/s1.